The van der Waals surface area contributed by atoms with Crippen LogP contribution in [-0.4, -0.2) is 158 Å². The van der Waals surface area contributed by atoms with Crippen LogP contribution in [0.25, 0.3) is 0 Å². The van der Waals surface area contributed by atoms with Gasteiger partial charge < -0.3 is 36.6 Å². The minimum absolute atomic E-state index is 0. The number of Topliss-reactive ketones (excluding diaryl/α,β-unsaturated/α-hetero) is 1. The summed E-state index contributed by atoms with van der Waals surface area (Å²) in [5.41, 5.74) is 5.14. The van der Waals surface area contributed by atoms with Gasteiger partial charge in [0.05, 0.1) is 52.5 Å². The van der Waals surface area contributed by atoms with Crippen molar-refractivity contribution < 1.29 is 109 Å². The molecule has 0 spiro atoms. The minimum Gasteiger partial charge on any atom is -1.00 e. The molecule has 0 amide bonds. The molecular weight excluding hydrogens is 1800 g/mol. The maximum absolute atomic E-state index is 13.3. The van der Waals surface area contributed by atoms with Crippen LogP contribution in [0.3, 0.4) is 0 Å². The van der Waals surface area contributed by atoms with Crippen molar-refractivity contribution in [1.29, 1.82) is 0 Å². The number of aliphatic hydroxyl groups is 4. The summed E-state index contributed by atoms with van der Waals surface area (Å²) >= 11 is 24.2. The van der Waals surface area contributed by atoms with Crippen molar-refractivity contribution in [2.75, 3.05) is 85.6 Å². The summed E-state index contributed by atoms with van der Waals surface area (Å²) in [5.74, 6) is 2.28. The molecule has 0 bridgehead atoms. The molecular formula is C105H127BCl4F12N4NaO5. The average Bonchev–Trinajstić information content (AvgIpc) is 0.772. The van der Waals surface area contributed by atoms with E-state index in [-0.39, 0.29) is 61.1 Å². The minimum atomic E-state index is -4.29. The fourth-order valence-corrected chi connectivity index (χ4v) is 21.7. The van der Waals surface area contributed by atoms with Gasteiger partial charge in [-0.05, 0) is 346 Å². The second-order valence-corrected chi connectivity index (χ2v) is 39.7. The number of carbonyl (C=O) groups excluding carboxylic acids is 1. The van der Waals surface area contributed by atoms with Crippen molar-refractivity contribution in [1.82, 2.24) is 19.6 Å². The number of carbonyl (C=O) groups is 1. The van der Waals surface area contributed by atoms with Gasteiger partial charge >= 0.3 is 54.3 Å². The first-order chi connectivity index (χ1) is 62.0. The van der Waals surface area contributed by atoms with Crippen molar-refractivity contribution in [2.24, 2.45) is 23.7 Å². The second kappa shape index (κ2) is 49.4. The Morgan fingerprint density at radius 2 is 0.545 bits per heavy atom. The number of rotatable bonds is 28. The molecule has 4 N–H and O–H groups in total. The van der Waals surface area contributed by atoms with Crippen LogP contribution in [0, 0.1) is 23.7 Å². The fraction of sp³-hybridized carbons (Fsp3) is 0.533. The molecule has 8 aliphatic rings. The number of aliphatic hydroxyl groups excluding tert-OH is 4. The van der Waals surface area contributed by atoms with E-state index in [1.807, 2.05) is 97.1 Å². The van der Waals surface area contributed by atoms with Crippen LogP contribution in [0.2, 0.25) is 20.1 Å². The molecule has 8 aromatic rings. The zero-order valence-electron chi connectivity index (χ0n) is 76.9. The second-order valence-electron chi connectivity index (χ2n) is 37.9. The number of β-amino-alcohol motifs (C(OH)–C–C–N with tert-alkyl or cyclic N) is 3. The molecule has 4 aliphatic carbocycles. The van der Waals surface area contributed by atoms with E-state index < -0.39 is 65.3 Å². The largest absolute Gasteiger partial charge is 1.00 e. The van der Waals surface area contributed by atoms with Gasteiger partial charge in [-0.15, -0.1) is 0 Å². The number of hydrogen-bond donors (Lipinski definition) is 4. The number of ketones is 1. The molecule has 9 nitrogen and oxygen atoms in total. The number of benzene rings is 8. The summed E-state index contributed by atoms with van der Waals surface area (Å²) in [6.45, 7) is 10.1. The molecule has 713 valence electrons. The normalized spacial score (nSPS) is 21.4. The van der Waals surface area contributed by atoms with E-state index in [4.69, 9.17) is 51.5 Å². The Labute approximate surface area is 817 Å². The van der Waals surface area contributed by atoms with E-state index in [0.717, 1.165) is 279 Å². The zero-order valence-corrected chi connectivity index (χ0v) is 80.9. The third-order valence-electron chi connectivity index (χ3n) is 29.6. The molecule has 4 heterocycles. The van der Waals surface area contributed by atoms with Gasteiger partial charge in [0, 0.05) is 97.7 Å². The first-order valence-corrected chi connectivity index (χ1v) is 48.2. The predicted molar refractivity (Wildman–Crippen MR) is 502 cm³/mol. The Bertz CT molecular complexity index is 4430. The summed E-state index contributed by atoms with van der Waals surface area (Å²) in [6.07, 6.45) is 9.68. The van der Waals surface area contributed by atoms with Crippen LogP contribution in [0.5, 0.6) is 0 Å². The van der Waals surface area contributed by atoms with E-state index in [9.17, 15) is 72.8 Å². The quantitative estimate of drug-likeness (QED) is 0.0281. The van der Waals surface area contributed by atoms with E-state index in [1.54, 1.807) is 48.5 Å². The third kappa shape index (κ3) is 29.3. The number of nitrogens with zero attached hydrogens (tertiary/aromatic N) is 4. The number of halogens is 16. The Morgan fingerprint density at radius 3 is 0.750 bits per heavy atom. The third-order valence-corrected chi connectivity index (χ3v) is 30.6. The van der Waals surface area contributed by atoms with E-state index in [0.29, 0.717) is 75.7 Å². The molecule has 4 saturated heterocycles. The fourth-order valence-electron chi connectivity index (χ4n) is 21.2. The Hall–Kier alpha value is -5.51. The van der Waals surface area contributed by atoms with Crippen LogP contribution in [-0.2, 0) is 76.8 Å². The molecule has 0 aromatic heterocycles. The predicted octanol–water partition coefficient (Wildman–Crippen LogP) is 22.5. The smallest absolute Gasteiger partial charge is 1.00 e. The summed E-state index contributed by atoms with van der Waals surface area (Å²) in [5, 5.41) is 43.5. The summed E-state index contributed by atoms with van der Waals surface area (Å²) < 4.78 is 153. The van der Waals surface area contributed by atoms with Gasteiger partial charge in [0.15, 0.2) is 5.78 Å². The Morgan fingerprint density at radius 1 is 0.333 bits per heavy atom. The van der Waals surface area contributed by atoms with E-state index in [1.165, 1.54) is 53.1 Å². The molecule has 4 unspecified atom stereocenters. The van der Waals surface area contributed by atoms with Crippen LogP contribution in [0.15, 0.2) is 194 Å². The van der Waals surface area contributed by atoms with Gasteiger partial charge in [-0.2, -0.15) is 52.7 Å². The first-order valence-electron chi connectivity index (χ1n) is 46.7. The molecule has 7 atom stereocenters. The Balaban J connectivity index is 0.000000197. The molecule has 27 heteroatoms. The van der Waals surface area contributed by atoms with Gasteiger partial charge in [0.25, 0.3) is 0 Å². The van der Waals surface area contributed by atoms with Crippen LogP contribution < -0.4 is 29.6 Å². The van der Waals surface area contributed by atoms with Crippen LogP contribution in [0.1, 0.15) is 222 Å². The van der Waals surface area contributed by atoms with Gasteiger partial charge in [-0.1, -0.05) is 169 Å². The maximum Gasteiger partial charge on any atom is 1.00 e. The van der Waals surface area contributed by atoms with Crippen molar-refractivity contribution >= 4 is 60.6 Å². The first kappa shape index (κ1) is 109. The molecule has 132 heavy (non-hydrogen) atoms. The summed E-state index contributed by atoms with van der Waals surface area (Å²) in [6, 6.07) is 53.5. The van der Waals surface area contributed by atoms with Gasteiger partial charge in [-0.25, -0.2) is 0 Å². The van der Waals surface area contributed by atoms with E-state index in [2.05, 4.69) is 19.6 Å². The topological polar surface area (TPSA) is 111 Å². The van der Waals surface area contributed by atoms with Gasteiger partial charge in [0.2, 0.25) is 0 Å². The number of aryl methyl sites for hydroxylation is 4. The van der Waals surface area contributed by atoms with Crippen molar-refractivity contribution in [3.8, 4) is 0 Å². The molecule has 8 aromatic carbocycles. The maximum atomic E-state index is 13.3. The number of likely N-dealkylation sites (tertiary alicyclic amines) is 4. The van der Waals surface area contributed by atoms with Gasteiger partial charge in [0.1, 0.15) is 0 Å². The standard InChI is InChI=1S/3C26H31ClF3NO.C26H29ClF3NO.CH4O.B.Na.H/c4*27-23-12-10-21(11-13-23)25(14-2-15-25)24(32)18-31-16-1-3-20(17-31)5-4-19-6-8-22(9-7-19)26(28,29)30;1-2;;;/h3*6-13,20,24,32H,1-5,14-18H2;6-13,20H,1-5,14-18H2;2H,1H3;;;/q;;;;;;+1;-1/t3*20?,24-;;;;;/m110...../s1. The van der Waals surface area contributed by atoms with Crippen molar-refractivity contribution in [2.45, 2.75) is 244 Å². The van der Waals surface area contributed by atoms with Gasteiger partial charge in [-0.3, -0.25) is 9.69 Å². The monoisotopic (exact) mass is 1930 g/mol. The number of hydrogen-bond acceptors (Lipinski definition) is 9. The van der Waals surface area contributed by atoms with Crippen LogP contribution >= 0.6 is 46.4 Å². The van der Waals surface area contributed by atoms with E-state index >= 15 is 0 Å². The van der Waals surface area contributed by atoms with Crippen LogP contribution in [0.4, 0.5) is 52.7 Å². The number of piperidine rings is 4. The number of alkyl halides is 12. The molecule has 16 rings (SSSR count). The van der Waals surface area contributed by atoms with Crippen molar-refractivity contribution in [3.63, 3.8) is 0 Å². The molecule has 4 saturated carbocycles. The molecule has 8 fully saturated rings. The average molecular weight is 1930 g/mol. The summed E-state index contributed by atoms with van der Waals surface area (Å²) in [7, 11) is 1.00. The van der Waals surface area contributed by atoms with Crippen molar-refractivity contribution in [3.05, 3.63) is 281 Å². The molecule has 3 radical (unpaired) electrons. The summed E-state index contributed by atoms with van der Waals surface area (Å²) in [4.78, 5) is 22.7. The SMILES string of the molecule is CO.O=C(CN1CCCC(CCc2ccc(C(F)(F)F)cc2)C1)C1(c2ccc(Cl)cc2)CCC1.O[C@@H](CN1CCCC(CCc2ccc(C(F)(F)F)cc2)C1)C1(c2ccc(Cl)cc2)CCC1.O[C@H](CN1CCCC(CCc2ccc(C(F)(F)F)cc2)C1)C1(c2ccc(Cl)cc2)CCC1.O[C@H](CN1CCCC(CCc2ccc(C(F)(F)F)cc2)C1)C1(c2ccc(Cl)cc2)CCC1.[B].[H-].[Na+]. The Kier molecular flexibility index (Phi) is 40.6. The zero-order chi connectivity index (χ0) is 93.1. The molecule has 4 aliphatic heterocycles.